The molecule has 0 radical (unpaired) electrons. The van der Waals surface area contributed by atoms with Gasteiger partial charge >= 0.3 is 0 Å². The molecule has 1 N–H and O–H groups in total. The van der Waals surface area contributed by atoms with Gasteiger partial charge in [0.25, 0.3) is 0 Å². The molecular weight excluding hydrogens is 338 g/mol. The lowest BCUT2D eigenvalue weighted by molar-refractivity contribution is -0.133. The lowest BCUT2D eigenvalue weighted by Gasteiger charge is -2.04. The number of furan rings is 1. The van der Waals surface area contributed by atoms with Gasteiger partial charge in [0, 0.05) is 24.4 Å². The molecule has 0 bridgehead atoms. The number of carbonyl (C=O) groups is 1. The number of hydrogen-bond donors (Lipinski definition) is 1. The first kappa shape index (κ1) is 17.3. The summed E-state index contributed by atoms with van der Waals surface area (Å²) in [6.07, 6.45) is 5.88. The molecule has 7 heteroatoms. The van der Waals surface area contributed by atoms with Crippen LogP contribution >= 0.6 is 11.3 Å². The van der Waals surface area contributed by atoms with Crippen molar-refractivity contribution in [1.29, 1.82) is 0 Å². The molecule has 3 heterocycles. The zero-order valence-corrected chi connectivity index (χ0v) is 14.5. The summed E-state index contributed by atoms with van der Waals surface area (Å²) in [5, 5.41) is 2.83. The van der Waals surface area contributed by atoms with Crippen molar-refractivity contribution in [2.24, 2.45) is 0 Å². The minimum Gasteiger partial charge on any atom is -0.469 e. The SMILES string of the molecule is O=C(CCc1csc(-c2ccccn2)n1)NOCCCc1ccco1. The highest BCUT2D eigenvalue weighted by Gasteiger charge is 2.08. The van der Waals surface area contributed by atoms with E-state index < -0.39 is 0 Å². The van der Waals surface area contributed by atoms with Crippen molar-refractivity contribution in [2.75, 3.05) is 6.61 Å². The van der Waals surface area contributed by atoms with Crippen LogP contribution in [-0.4, -0.2) is 22.5 Å². The number of aromatic nitrogens is 2. The number of hydrogen-bond acceptors (Lipinski definition) is 6. The molecule has 0 spiro atoms. The van der Waals surface area contributed by atoms with E-state index in [1.54, 1.807) is 12.5 Å². The van der Waals surface area contributed by atoms with Gasteiger partial charge in [-0.05, 0) is 37.1 Å². The first-order valence-corrected chi connectivity index (χ1v) is 8.98. The van der Waals surface area contributed by atoms with Crippen molar-refractivity contribution in [3.05, 3.63) is 59.6 Å². The Hall–Kier alpha value is -2.51. The highest BCUT2D eigenvalue weighted by Crippen LogP contribution is 2.21. The van der Waals surface area contributed by atoms with Gasteiger partial charge in [-0.15, -0.1) is 11.3 Å². The summed E-state index contributed by atoms with van der Waals surface area (Å²) in [6.45, 7) is 0.451. The Morgan fingerprint density at radius 1 is 1.24 bits per heavy atom. The van der Waals surface area contributed by atoms with E-state index in [1.165, 1.54) is 11.3 Å². The van der Waals surface area contributed by atoms with Crippen LogP contribution in [0.2, 0.25) is 0 Å². The monoisotopic (exact) mass is 357 g/mol. The minimum absolute atomic E-state index is 0.148. The molecular formula is C18H19N3O3S. The molecule has 0 saturated carbocycles. The third kappa shape index (κ3) is 5.51. The van der Waals surface area contributed by atoms with Gasteiger partial charge in [0.2, 0.25) is 5.91 Å². The minimum atomic E-state index is -0.148. The molecule has 3 aromatic heterocycles. The number of carbonyl (C=O) groups excluding carboxylic acids is 1. The van der Waals surface area contributed by atoms with Crippen molar-refractivity contribution >= 4 is 17.2 Å². The van der Waals surface area contributed by atoms with Crippen LogP contribution in [0.3, 0.4) is 0 Å². The van der Waals surface area contributed by atoms with Crippen molar-refractivity contribution in [1.82, 2.24) is 15.4 Å². The van der Waals surface area contributed by atoms with Crippen molar-refractivity contribution < 1.29 is 14.0 Å². The van der Waals surface area contributed by atoms with Crippen LogP contribution in [0.1, 0.15) is 24.3 Å². The summed E-state index contributed by atoms with van der Waals surface area (Å²) in [7, 11) is 0. The van der Waals surface area contributed by atoms with Crippen LogP contribution in [0.4, 0.5) is 0 Å². The van der Waals surface area contributed by atoms with Crippen LogP contribution in [-0.2, 0) is 22.5 Å². The van der Waals surface area contributed by atoms with E-state index in [-0.39, 0.29) is 5.91 Å². The average molecular weight is 357 g/mol. The van der Waals surface area contributed by atoms with Crippen LogP contribution < -0.4 is 5.48 Å². The molecule has 0 aliphatic heterocycles. The topological polar surface area (TPSA) is 77.2 Å². The molecule has 0 aliphatic rings. The summed E-state index contributed by atoms with van der Waals surface area (Å²) < 4.78 is 5.23. The Kier molecular flexibility index (Phi) is 6.30. The fourth-order valence-corrected chi connectivity index (χ4v) is 3.06. The van der Waals surface area contributed by atoms with Crippen LogP contribution in [0.25, 0.3) is 10.7 Å². The second-order valence-electron chi connectivity index (χ2n) is 5.42. The van der Waals surface area contributed by atoms with Gasteiger partial charge in [0.15, 0.2) is 0 Å². The van der Waals surface area contributed by atoms with E-state index in [1.807, 2.05) is 35.7 Å². The first-order chi connectivity index (χ1) is 12.3. The number of hydroxylamine groups is 1. The molecule has 0 saturated heterocycles. The Labute approximate surface area is 149 Å². The summed E-state index contributed by atoms with van der Waals surface area (Å²) in [6, 6.07) is 9.50. The number of amides is 1. The van der Waals surface area contributed by atoms with Gasteiger partial charge in [-0.3, -0.25) is 14.6 Å². The van der Waals surface area contributed by atoms with Crippen LogP contribution in [0.5, 0.6) is 0 Å². The predicted molar refractivity (Wildman–Crippen MR) is 94.8 cm³/mol. The van der Waals surface area contributed by atoms with Crippen molar-refractivity contribution in [3.8, 4) is 10.7 Å². The van der Waals surface area contributed by atoms with Crippen LogP contribution in [0, 0.1) is 0 Å². The third-order valence-corrected chi connectivity index (χ3v) is 4.39. The second-order valence-corrected chi connectivity index (χ2v) is 6.27. The van der Waals surface area contributed by atoms with E-state index in [0.717, 1.165) is 35.0 Å². The lowest BCUT2D eigenvalue weighted by atomic mass is 10.2. The smallest absolute Gasteiger partial charge is 0.243 e. The molecule has 0 aromatic carbocycles. The first-order valence-electron chi connectivity index (χ1n) is 8.10. The molecule has 0 fully saturated rings. The normalized spacial score (nSPS) is 10.7. The van der Waals surface area contributed by atoms with E-state index >= 15 is 0 Å². The van der Waals surface area contributed by atoms with E-state index in [4.69, 9.17) is 9.25 Å². The van der Waals surface area contributed by atoms with Gasteiger partial charge in [-0.2, -0.15) is 0 Å². The molecule has 3 rings (SSSR count). The van der Waals surface area contributed by atoms with Crippen molar-refractivity contribution in [2.45, 2.75) is 25.7 Å². The van der Waals surface area contributed by atoms with Gasteiger partial charge in [0.1, 0.15) is 10.8 Å². The highest BCUT2D eigenvalue weighted by molar-refractivity contribution is 7.13. The molecule has 3 aromatic rings. The Morgan fingerprint density at radius 3 is 3.00 bits per heavy atom. The number of nitrogens with one attached hydrogen (secondary N) is 1. The molecule has 130 valence electrons. The largest absolute Gasteiger partial charge is 0.469 e. The number of thiazole rings is 1. The molecule has 1 amide bonds. The van der Waals surface area contributed by atoms with Gasteiger partial charge in [-0.1, -0.05) is 6.07 Å². The standard InChI is InChI=1S/C18H19N3O3S/c22-17(21-24-12-4-6-15-5-3-11-23-15)9-8-14-13-25-18(20-14)16-7-1-2-10-19-16/h1-3,5,7,10-11,13H,4,6,8-9,12H2,(H,21,22). The predicted octanol–water partition coefficient (Wildman–Crippen LogP) is 3.41. The zero-order chi connectivity index (χ0) is 17.3. The summed E-state index contributed by atoms with van der Waals surface area (Å²) in [5.41, 5.74) is 4.20. The molecule has 0 unspecified atom stereocenters. The van der Waals surface area contributed by atoms with Gasteiger partial charge in [0.05, 0.1) is 24.3 Å². The molecule has 0 atom stereocenters. The molecule has 6 nitrogen and oxygen atoms in total. The van der Waals surface area contributed by atoms with E-state index in [0.29, 0.717) is 19.4 Å². The van der Waals surface area contributed by atoms with Crippen molar-refractivity contribution in [3.63, 3.8) is 0 Å². The maximum atomic E-state index is 11.8. The Morgan fingerprint density at radius 2 is 2.20 bits per heavy atom. The van der Waals surface area contributed by atoms with Crippen LogP contribution in [0.15, 0.2) is 52.6 Å². The summed E-state index contributed by atoms with van der Waals surface area (Å²) in [5.74, 6) is 0.771. The lowest BCUT2D eigenvalue weighted by Crippen LogP contribution is -2.24. The van der Waals surface area contributed by atoms with Gasteiger partial charge < -0.3 is 4.42 Å². The number of pyridine rings is 1. The molecule has 25 heavy (non-hydrogen) atoms. The third-order valence-electron chi connectivity index (χ3n) is 3.48. The zero-order valence-electron chi connectivity index (χ0n) is 13.7. The Balaban J connectivity index is 1.33. The Bertz CT molecular complexity index is 772. The maximum Gasteiger partial charge on any atom is 0.243 e. The highest BCUT2D eigenvalue weighted by atomic mass is 32.1. The fraction of sp³-hybridized carbons (Fsp3) is 0.278. The molecule has 0 aliphatic carbocycles. The van der Waals surface area contributed by atoms with E-state index in [2.05, 4.69) is 15.4 Å². The second kappa shape index (κ2) is 9.10. The summed E-state index contributed by atoms with van der Waals surface area (Å²) in [4.78, 5) is 25.8. The fourth-order valence-electron chi connectivity index (χ4n) is 2.23. The maximum absolute atomic E-state index is 11.8. The quantitative estimate of drug-likeness (QED) is 0.469. The van der Waals surface area contributed by atoms with Gasteiger partial charge in [-0.25, -0.2) is 10.5 Å². The number of rotatable bonds is 9. The van der Waals surface area contributed by atoms with E-state index in [9.17, 15) is 4.79 Å². The number of nitrogens with zero attached hydrogens (tertiary/aromatic N) is 2. The average Bonchev–Trinajstić information content (AvgIpc) is 3.32. The summed E-state index contributed by atoms with van der Waals surface area (Å²) >= 11 is 1.53. The number of aryl methyl sites for hydroxylation is 2.